The Morgan fingerprint density at radius 1 is 1.00 bits per heavy atom. The van der Waals surface area contributed by atoms with E-state index in [-0.39, 0.29) is 17.6 Å². The highest BCUT2D eigenvalue weighted by Gasteiger charge is 2.37. The van der Waals surface area contributed by atoms with Crippen molar-refractivity contribution in [3.05, 3.63) is 82.9 Å². The average molecular weight is 330 g/mol. The van der Waals surface area contributed by atoms with Gasteiger partial charge >= 0.3 is 0 Å². The number of halogens is 2. The third-order valence-electron chi connectivity index (χ3n) is 4.39. The number of aliphatic hydroxyl groups is 1. The van der Waals surface area contributed by atoms with Crippen LogP contribution in [-0.4, -0.2) is 11.2 Å². The lowest BCUT2D eigenvalue weighted by molar-refractivity contribution is 0.0310. The maximum atomic E-state index is 14.8. The first-order chi connectivity index (χ1) is 11.5. The number of aliphatic hydroxyl groups excluding tert-OH is 1. The van der Waals surface area contributed by atoms with Gasteiger partial charge in [-0.05, 0) is 37.3 Å². The van der Waals surface area contributed by atoms with E-state index in [1.807, 2.05) is 30.3 Å². The Balaban J connectivity index is 2.19. The molecule has 3 heteroatoms. The van der Waals surface area contributed by atoms with E-state index in [4.69, 9.17) is 0 Å². The smallest absolute Gasteiger partial charge is 0.294 e. The van der Waals surface area contributed by atoms with E-state index in [0.29, 0.717) is 18.4 Å². The summed E-state index contributed by atoms with van der Waals surface area (Å²) in [7, 11) is 0. The number of benzene rings is 2. The minimum Gasteiger partial charge on any atom is -0.389 e. The number of hydrogen-bond donors (Lipinski definition) is 1. The van der Waals surface area contributed by atoms with Gasteiger partial charge in [0.1, 0.15) is 0 Å². The van der Waals surface area contributed by atoms with E-state index in [1.165, 1.54) is 12.1 Å². The van der Waals surface area contributed by atoms with Crippen molar-refractivity contribution in [1.29, 1.82) is 0 Å². The lowest BCUT2D eigenvalue weighted by Crippen LogP contribution is -2.22. The number of rotatable bonds is 7. The Morgan fingerprint density at radius 2 is 1.54 bits per heavy atom. The van der Waals surface area contributed by atoms with Gasteiger partial charge in [-0.2, -0.15) is 8.78 Å². The van der Waals surface area contributed by atoms with Crippen molar-refractivity contribution in [3.63, 3.8) is 0 Å². The van der Waals surface area contributed by atoms with Gasteiger partial charge in [0.15, 0.2) is 0 Å². The van der Waals surface area contributed by atoms with Crippen LogP contribution in [0.5, 0.6) is 0 Å². The molecule has 0 heterocycles. The fourth-order valence-electron chi connectivity index (χ4n) is 2.94. The standard InChI is InChI=1S/C21H24F2O/c1-3-19(21(22,23)18-12-8-5-9-13-18)16(2)20(24)15-14-17-10-6-4-7-11-17/h4-13,20,24H,3,14-15H2,1-2H3/b19-16+. The van der Waals surface area contributed by atoms with Crippen LogP contribution in [-0.2, 0) is 12.3 Å². The SMILES string of the molecule is CC/C(=C(/C)C(O)CCc1ccccc1)C(F)(F)c1ccccc1. The zero-order valence-corrected chi connectivity index (χ0v) is 14.2. The van der Waals surface area contributed by atoms with Gasteiger partial charge in [-0.1, -0.05) is 67.6 Å². The summed E-state index contributed by atoms with van der Waals surface area (Å²) in [5.41, 5.74) is 1.45. The Bertz CT molecular complexity index is 663. The minimum atomic E-state index is -3.06. The van der Waals surface area contributed by atoms with Crippen molar-refractivity contribution in [2.45, 2.75) is 45.1 Å². The van der Waals surface area contributed by atoms with Crippen molar-refractivity contribution in [2.24, 2.45) is 0 Å². The molecule has 0 amide bonds. The first kappa shape index (κ1) is 18.3. The summed E-state index contributed by atoms with van der Waals surface area (Å²) in [6, 6.07) is 17.6. The van der Waals surface area contributed by atoms with Gasteiger partial charge in [0, 0.05) is 11.1 Å². The maximum Gasteiger partial charge on any atom is 0.294 e. The summed E-state index contributed by atoms with van der Waals surface area (Å²) < 4.78 is 29.7. The molecule has 1 unspecified atom stereocenters. The summed E-state index contributed by atoms with van der Waals surface area (Å²) in [5.74, 6) is -3.06. The number of aryl methyl sites for hydroxylation is 1. The number of hydrogen-bond acceptors (Lipinski definition) is 1. The van der Waals surface area contributed by atoms with E-state index in [1.54, 1.807) is 32.0 Å². The minimum absolute atomic E-state index is 0.00858. The van der Waals surface area contributed by atoms with Gasteiger partial charge in [0.05, 0.1) is 6.10 Å². The molecule has 128 valence electrons. The van der Waals surface area contributed by atoms with E-state index in [2.05, 4.69) is 0 Å². The molecule has 0 fully saturated rings. The topological polar surface area (TPSA) is 20.2 Å². The summed E-state index contributed by atoms with van der Waals surface area (Å²) in [6.45, 7) is 3.32. The van der Waals surface area contributed by atoms with E-state index in [9.17, 15) is 13.9 Å². The first-order valence-corrected chi connectivity index (χ1v) is 8.32. The van der Waals surface area contributed by atoms with Crippen LogP contribution in [0.1, 0.15) is 37.8 Å². The van der Waals surface area contributed by atoms with E-state index < -0.39 is 12.0 Å². The van der Waals surface area contributed by atoms with E-state index in [0.717, 1.165) is 5.56 Å². The zero-order valence-electron chi connectivity index (χ0n) is 14.2. The lowest BCUT2D eigenvalue weighted by atomic mass is 9.90. The third-order valence-corrected chi connectivity index (χ3v) is 4.39. The largest absolute Gasteiger partial charge is 0.389 e. The maximum absolute atomic E-state index is 14.8. The van der Waals surface area contributed by atoms with Gasteiger partial charge in [0.25, 0.3) is 5.92 Å². The second-order valence-corrected chi connectivity index (χ2v) is 6.00. The molecular weight excluding hydrogens is 306 g/mol. The zero-order chi connectivity index (χ0) is 17.6. The van der Waals surface area contributed by atoms with Crippen LogP contribution >= 0.6 is 0 Å². The Morgan fingerprint density at radius 3 is 2.08 bits per heavy atom. The second-order valence-electron chi connectivity index (χ2n) is 6.00. The molecule has 0 aliphatic heterocycles. The molecule has 0 aliphatic carbocycles. The fraction of sp³-hybridized carbons (Fsp3) is 0.333. The molecule has 0 aromatic heterocycles. The van der Waals surface area contributed by atoms with Crippen LogP contribution < -0.4 is 0 Å². The molecule has 24 heavy (non-hydrogen) atoms. The van der Waals surface area contributed by atoms with Crippen LogP contribution in [0.15, 0.2) is 71.8 Å². The van der Waals surface area contributed by atoms with Gasteiger partial charge in [-0.15, -0.1) is 0 Å². The average Bonchev–Trinajstić information content (AvgIpc) is 2.61. The first-order valence-electron chi connectivity index (χ1n) is 8.32. The van der Waals surface area contributed by atoms with Crippen LogP contribution in [0, 0.1) is 0 Å². The van der Waals surface area contributed by atoms with Gasteiger partial charge in [0.2, 0.25) is 0 Å². The number of alkyl halides is 2. The molecule has 0 saturated heterocycles. The summed E-state index contributed by atoms with van der Waals surface area (Å²) >= 11 is 0. The van der Waals surface area contributed by atoms with Crippen molar-refractivity contribution < 1.29 is 13.9 Å². The predicted molar refractivity (Wildman–Crippen MR) is 94.1 cm³/mol. The van der Waals surface area contributed by atoms with Crippen LogP contribution in [0.2, 0.25) is 0 Å². The molecule has 0 saturated carbocycles. The molecule has 2 rings (SSSR count). The highest BCUT2D eigenvalue weighted by Crippen LogP contribution is 2.39. The normalized spacial score (nSPS) is 14.2. The second kappa shape index (κ2) is 8.20. The van der Waals surface area contributed by atoms with Crippen LogP contribution in [0.25, 0.3) is 0 Å². The van der Waals surface area contributed by atoms with Gasteiger partial charge in [-0.3, -0.25) is 0 Å². The number of allylic oxidation sites excluding steroid dienone is 1. The monoisotopic (exact) mass is 330 g/mol. The van der Waals surface area contributed by atoms with Crippen molar-refractivity contribution in [3.8, 4) is 0 Å². The van der Waals surface area contributed by atoms with Gasteiger partial charge < -0.3 is 5.11 Å². The fourth-order valence-corrected chi connectivity index (χ4v) is 2.94. The summed E-state index contributed by atoms with van der Waals surface area (Å²) in [5, 5.41) is 10.4. The Labute approximate surface area is 142 Å². The molecule has 0 bridgehead atoms. The van der Waals surface area contributed by atoms with Crippen molar-refractivity contribution in [2.75, 3.05) is 0 Å². The summed E-state index contributed by atoms with van der Waals surface area (Å²) in [4.78, 5) is 0. The molecule has 2 aromatic carbocycles. The molecule has 0 radical (unpaired) electrons. The summed E-state index contributed by atoms with van der Waals surface area (Å²) in [6.07, 6.45) is 0.433. The highest BCUT2D eigenvalue weighted by atomic mass is 19.3. The third kappa shape index (κ3) is 4.30. The molecule has 0 aliphatic rings. The van der Waals surface area contributed by atoms with Crippen molar-refractivity contribution in [1.82, 2.24) is 0 Å². The highest BCUT2D eigenvalue weighted by molar-refractivity contribution is 5.33. The van der Waals surface area contributed by atoms with Crippen LogP contribution in [0.4, 0.5) is 8.78 Å². The predicted octanol–water partition coefficient (Wildman–Crippen LogP) is 5.50. The Kier molecular flexibility index (Phi) is 6.27. The molecule has 0 spiro atoms. The molecule has 2 aromatic rings. The quantitative estimate of drug-likeness (QED) is 0.665. The lowest BCUT2D eigenvalue weighted by Gasteiger charge is -2.24. The van der Waals surface area contributed by atoms with Gasteiger partial charge in [-0.25, -0.2) is 0 Å². The van der Waals surface area contributed by atoms with Crippen molar-refractivity contribution >= 4 is 0 Å². The molecule has 1 atom stereocenters. The molecule has 1 N–H and O–H groups in total. The van der Waals surface area contributed by atoms with E-state index >= 15 is 0 Å². The van der Waals surface area contributed by atoms with Crippen LogP contribution in [0.3, 0.4) is 0 Å². The molecule has 1 nitrogen and oxygen atoms in total. The Hall–Kier alpha value is -2.00. The molecular formula is C21H24F2O.